The first-order chi connectivity index (χ1) is 6.50. The number of hydrogen-bond donors (Lipinski definition) is 1. The van der Waals surface area contributed by atoms with Crippen LogP contribution in [0.15, 0.2) is 18.2 Å². The van der Waals surface area contributed by atoms with Gasteiger partial charge >= 0.3 is 5.97 Å². The fraction of sp³-hybridized carbons (Fsp3) is 0.273. The second-order valence-electron chi connectivity index (χ2n) is 3.34. The normalized spacial score (nSPS) is 9.86. The second-order valence-corrected chi connectivity index (χ2v) is 3.34. The fourth-order valence-electron chi connectivity index (χ4n) is 1.31. The van der Waals surface area contributed by atoms with Crippen molar-refractivity contribution in [3.05, 3.63) is 34.9 Å². The number of ketones is 1. The predicted octanol–water partition coefficient (Wildman–Crippen LogP) is 1.82. The summed E-state index contributed by atoms with van der Waals surface area (Å²) in [5, 5.41) is 8.89. The summed E-state index contributed by atoms with van der Waals surface area (Å²) in [5.74, 6) is -1.01. The molecule has 0 aromatic heterocycles. The molecule has 3 heteroatoms. The lowest BCUT2D eigenvalue weighted by atomic mass is 10.0. The molecule has 0 spiro atoms. The van der Waals surface area contributed by atoms with E-state index in [1.807, 2.05) is 13.0 Å². The van der Waals surface area contributed by atoms with E-state index in [9.17, 15) is 9.59 Å². The molecule has 0 bridgehead atoms. The molecule has 0 amide bonds. The first-order valence-electron chi connectivity index (χ1n) is 4.33. The van der Waals surface area contributed by atoms with Gasteiger partial charge in [0.2, 0.25) is 0 Å². The molecular formula is C11H12O3. The lowest BCUT2D eigenvalue weighted by Gasteiger charge is -2.04. The van der Waals surface area contributed by atoms with E-state index in [1.165, 1.54) is 6.92 Å². The smallest absolute Gasteiger partial charge is 0.335 e. The van der Waals surface area contributed by atoms with Crippen molar-refractivity contribution in [3.63, 3.8) is 0 Å². The number of rotatable bonds is 3. The number of carboxylic acid groups (broad SMARTS) is 1. The molecule has 0 heterocycles. The summed E-state index contributed by atoms with van der Waals surface area (Å²) in [4.78, 5) is 21.7. The molecule has 14 heavy (non-hydrogen) atoms. The Morgan fingerprint density at radius 1 is 1.36 bits per heavy atom. The molecule has 3 nitrogen and oxygen atoms in total. The predicted molar refractivity (Wildman–Crippen MR) is 52.5 cm³/mol. The van der Waals surface area contributed by atoms with Crippen LogP contribution in [0.25, 0.3) is 0 Å². The van der Waals surface area contributed by atoms with Gasteiger partial charge in [-0.3, -0.25) is 4.79 Å². The van der Waals surface area contributed by atoms with Gasteiger partial charge in [-0.1, -0.05) is 17.7 Å². The molecule has 1 aromatic rings. The Morgan fingerprint density at radius 3 is 2.50 bits per heavy atom. The third kappa shape index (κ3) is 2.42. The SMILES string of the molecule is CC(=O)Cc1ccc(C)cc1C(=O)O. The van der Waals surface area contributed by atoms with Gasteiger partial charge in [0.05, 0.1) is 5.56 Å². The molecule has 0 saturated heterocycles. The van der Waals surface area contributed by atoms with E-state index >= 15 is 0 Å². The molecule has 0 saturated carbocycles. The van der Waals surface area contributed by atoms with E-state index in [0.29, 0.717) is 5.56 Å². The van der Waals surface area contributed by atoms with E-state index in [0.717, 1.165) is 5.56 Å². The number of aryl methyl sites for hydroxylation is 1. The molecule has 0 atom stereocenters. The van der Waals surface area contributed by atoms with Gasteiger partial charge in [-0.2, -0.15) is 0 Å². The number of aromatic carboxylic acids is 1. The molecule has 1 N–H and O–H groups in total. The van der Waals surface area contributed by atoms with Crippen LogP contribution in [0.2, 0.25) is 0 Å². The Labute approximate surface area is 82.4 Å². The van der Waals surface area contributed by atoms with E-state index in [4.69, 9.17) is 5.11 Å². The Morgan fingerprint density at radius 2 is 2.00 bits per heavy atom. The van der Waals surface area contributed by atoms with Gasteiger partial charge in [-0.15, -0.1) is 0 Å². The highest BCUT2D eigenvalue weighted by Crippen LogP contribution is 2.12. The molecular weight excluding hydrogens is 180 g/mol. The minimum Gasteiger partial charge on any atom is -0.478 e. The molecule has 0 aliphatic heterocycles. The highest BCUT2D eigenvalue weighted by atomic mass is 16.4. The zero-order valence-corrected chi connectivity index (χ0v) is 8.20. The molecule has 0 unspecified atom stereocenters. The number of Topliss-reactive ketones (excluding diaryl/α,β-unsaturated/α-hetero) is 1. The molecule has 0 aliphatic rings. The summed E-state index contributed by atoms with van der Waals surface area (Å²) in [6.07, 6.45) is 0.182. The van der Waals surface area contributed by atoms with Crippen molar-refractivity contribution in [3.8, 4) is 0 Å². The number of carbonyl (C=O) groups is 2. The van der Waals surface area contributed by atoms with Crippen LogP contribution in [-0.2, 0) is 11.2 Å². The molecule has 0 radical (unpaired) electrons. The standard InChI is InChI=1S/C11H12O3/c1-7-3-4-9(6-8(2)12)10(5-7)11(13)14/h3-5H,6H2,1-2H3,(H,13,14). The first kappa shape index (κ1) is 10.4. The van der Waals surface area contributed by atoms with Crippen molar-refractivity contribution in [1.82, 2.24) is 0 Å². The molecule has 74 valence electrons. The molecule has 1 rings (SSSR count). The second kappa shape index (κ2) is 4.05. The van der Waals surface area contributed by atoms with Crippen LogP contribution < -0.4 is 0 Å². The molecule has 0 aliphatic carbocycles. The average Bonchev–Trinajstić information content (AvgIpc) is 2.07. The van der Waals surface area contributed by atoms with Crippen molar-refractivity contribution in [1.29, 1.82) is 0 Å². The van der Waals surface area contributed by atoms with Crippen molar-refractivity contribution in [2.24, 2.45) is 0 Å². The zero-order valence-electron chi connectivity index (χ0n) is 8.20. The lowest BCUT2D eigenvalue weighted by Crippen LogP contribution is -2.06. The quantitative estimate of drug-likeness (QED) is 0.794. The largest absolute Gasteiger partial charge is 0.478 e. The van der Waals surface area contributed by atoms with Gasteiger partial charge in [0, 0.05) is 6.42 Å². The highest BCUT2D eigenvalue weighted by Gasteiger charge is 2.11. The molecule has 0 fully saturated rings. The van der Waals surface area contributed by atoms with Crippen LogP contribution >= 0.6 is 0 Å². The van der Waals surface area contributed by atoms with Gasteiger partial charge < -0.3 is 5.11 Å². The monoisotopic (exact) mass is 192 g/mol. The number of carbonyl (C=O) groups excluding carboxylic acids is 1. The van der Waals surface area contributed by atoms with Gasteiger partial charge in [0.25, 0.3) is 0 Å². The average molecular weight is 192 g/mol. The Hall–Kier alpha value is -1.64. The third-order valence-electron chi connectivity index (χ3n) is 1.94. The summed E-state index contributed by atoms with van der Waals surface area (Å²) >= 11 is 0. The van der Waals surface area contributed by atoms with Crippen LogP contribution in [-0.4, -0.2) is 16.9 Å². The minimum absolute atomic E-state index is 0.0312. The van der Waals surface area contributed by atoms with Crippen LogP contribution in [0.1, 0.15) is 28.4 Å². The lowest BCUT2D eigenvalue weighted by molar-refractivity contribution is -0.116. The van der Waals surface area contributed by atoms with Crippen LogP contribution in [0.5, 0.6) is 0 Å². The minimum atomic E-state index is -0.982. The molecule has 1 aromatic carbocycles. The van der Waals surface area contributed by atoms with E-state index < -0.39 is 5.97 Å². The maximum atomic E-state index is 10.9. The Kier molecular flexibility index (Phi) is 3.02. The maximum absolute atomic E-state index is 10.9. The summed E-state index contributed by atoms with van der Waals surface area (Å²) in [6, 6.07) is 5.09. The van der Waals surface area contributed by atoms with Gasteiger partial charge in [-0.25, -0.2) is 4.79 Å². The maximum Gasteiger partial charge on any atom is 0.335 e. The highest BCUT2D eigenvalue weighted by molar-refractivity contribution is 5.91. The summed E-state index contributed by atoms with van der Waals surface area (Å²) < 4.78 is 0. The Balaban J connectivity index is 3.14. The van der Waals surface area contributed by atoms with Gasteiger partial charge in [-0.05, 0) is 25.5 Å². The summed E-state index contributed by atoms with van der Waals surface area (Å²) in [7, 11) is 0. The zero-order chi connectivity index (χ0) is 10.7. The van der Waals surface area contributed by atoms with E-state index in [1.54, 1.807) is 12.1 Å². The van der Waals surface area contributed by atoms with Crippen molar-refractivity contribution in [2.45, 2.75) is 20.3 Å². The van der Waals surface area contributed by atoms with Gasteiger partial charge in [0.1, 0.15) is 5.78 Å². The number of benzene rings is 1. The summed E-state index contributed by atoms with van der Waals surface area (Å²) in [6.45, 7) is 3.27. The van der Waals surface area contributed by atoms with E-state index in [2.05, 4.69) is 0 Å². The Bertz CT molecular complexity index is 380. The number of carboxylic acids is 1. The van der Waals surface area contributed by atoms with Crippen LogP contribution in [0.3, 0.4) is 0 Å². The fourth-order valence-corrected chi connectivity index (χ4v) is 1.31. The summed E-state index contributed by atoms with van der Waals surface area (Å²) in [5.41, 5.74) is 1.69. The van der Waals surface area contributed by atoms with E-state index in [-0.39, 0.29) is 17.8 Å². The first-order valence-corrected chi connectivity index (χ1v) is 4.33. The van der Waals surface area contributed by atoms with Crippen molar-refractivity contribution >= 4 is 11.8 Å². The number of hydrogen-bond acceptors (Lipinski definition) is 2. The third-order valence-corrected chi connectivity index (χ3v) is 1.94. The van der Waals surface area contributed by atoms with Crippen molar-refractivity contribution in [2.75, 3.05) is 0 Å². The van der Waals surface area contributed by atoms with Crippen LogP contribution in [0, 0.1) is 6.92 Å². The van der Waals surface area contributed by atoms with Crippen LogP contribution in [0.4, 0.5) is 0 Å². The van der Waals surface area contributed by atoms with Gasteiger partial charge in [0.15, 0.2) is 0 Å². The van der Waals surface area contributed by atoms with Crippen molar-refractivity contribution < 1.29 is 14.7 Å². The topological polar surface area (TPSA) is 54.4 Å².